The second-order valence-electron chi connectivity index (χ2n) is 3.33. The average molecular weight is 163 g/mol. The fourth-order valence-corrected chi connectivity index (χ4v) is 1.29. The molecule has 1 aromatic heterocycles. The third kappa shape index (κ3) is 1.11. The first kappa shape index (κ1) is 7.40. The Morgan fingerprint density at radius 2 is 2.42 bits per heavy atom. The van der Waals surface area contributed by atoms with Gasteiger partial charge in [-0.2, -0.15) is 5.10 Å². The molecule has 3 nitrogen and oxygen atoms in total. The Morgan fingerprint density at radius 1 is 1.58 bits per heavy atom. The van der Waals surface area contributed by atoms with Crippen LogP contribution in [0, 0.1) is 0 Å². The number of nitrogens with one attached hydrogen (secondary N) is 1. The SMILES string of the molecule is CC(C)n1cc2c(n1)C=CNC2. The van der Waals surface area contributed by atoms with Crippen LogP contribution in [0.2, 0.25) is 0 Å². The van der Waals surface area contributed by atoms with Crippen LogP contribution in [-0.2, 0) is 6.54 Å². The quantitative estimate of drug-likeness (QED) is 0.680. The van der Waals surface area contributed by atoms with Crippen LogP contribution >= 0.6 is 0 Å². The number of hydrogen-bond acceptors (Lipinski definition) is 2. The van der Waals surface area contributed by atoms with Gasteiger partial charge in [0.25, 0.3) is 0 Å². The minimum absolute atomic E-state index is 0.448. The molecule has 2 rings (SSSR count). The molecule has 12 heavy (non-hydrogen) atoms. The van der Waals surface area contributed by atoms with Crippen molar-refractivity contribution >= 4 is 6.08 Å². The number of aromatic nitrogens is 2. The second-order valence-corrected chi connectivity index (χ2v) is 3.33. The first-order chi connectivity index (χ1) is 5.77. The van der Waals surface area contributed by atoms with Gasteiger partial charge in [-0.1, -0.05) is 0 Å². The lowest BCUT2D eigenvalue weighted by molar-refractivity contribution is 0.531. The van der Waals surface area contributed by atoms with E-state index in [9.17, 15) is 0 Å². The van der Waals surface area contributed by atoms with Gasteiger partial charge in [0.05, 0.1) is 5.69 Å². The molecule has 2 heterocycles. The van der Waals surface area contributed by atoms with Crippen molar-refractivity contribution in [2.24, 2.45) is 0 Å². The normalized spacial score (nSPS) is 14.6. The molecule has 0 unspecified atom stereocenters. The Labute approximate surface area is 72.1 Å². The molecule has 64 valence electrons. The first-order valence-electron chi connectivity index (χ1n) is 4.25. The van der Waals surface area contributed by atoms with E-state index in [1.54, 1.807) is 0 Å². The van der Waals surface area contributed by atoms with Gasteiger partial charge in [-0.05, 0) is 26.1 Å². The fraction of sp³-hybridized carbons (Fsp3) is 0.444. The van der Waals surface area contributed by atoms with Crippen molar-refractivity contribution in [2.75, 3.05) is 0 Å². The summed E-state index contributed by atoms with van der Waals surface area (Å²) in [5, 5.41) is 7.60. The van der Waals surface area contributed by atoms with Crippen molar-refractivity contribution < 1.29 is 0 Å². The van der Waals surface area contributed by atoms with Crippen molar-refractivity contribution in [3.05, 3.63) is 23.7 Å². The van der Waals surface area contributed by atoms with Gasteiger partial charge in [0.1, 0.15) is 0 Å². The van der Waals surface area contributed by atoms with Crippen LogP contribution in [0.4, 0.5) is 0 Å². The molecular formula is C9H13N3. The summed E-state index contributed by atoms with van der Waals surface area (Å²) >= 11 is 0. The second kappa shape index (κ2) is 2.66. The Balaban J connectivity index is 2.39. The van der Waals surface area contributed by atoms with E-state index in [0.717, 1.165) is 12.2 Å². The molecule has 3 heteroatoms. The first-order valence-corrected chi connectivity index (χ1v) is 4.25. The number of rotatable bonds is 1. The van der Waals surface area contributed by atoms with Crippen LogP contribution < -0.4 is 5.32 Å². The third-order valence-electron chi connectivity index (χ3n) is 2.02. The fourth-order valence-electron chi connectivity index (χ4n) is 1.29. The maximum atomic E-state index is 4.44. The molecule has 0 amide bonds. The number of hydrogen-bond donors (Lipinski definition) is 1. The molecule has 0 fully saturated rings. The molecule has 0 saturated carbocycles. The summed E-state index contributed by atoms with van der Waals surface area (Å²) in [6.07, 6.45) is 6.06. The summed E-state index contributed by atoms with van der Waals surface area (Å²) < 4.78 is 2.00. The van der Waals surface area contributed by atoms with Gasteiger partial charge in [0, 0.05) is 24.3 Å². The molecule has 0 aliphatic carbocycles. The Bertz CT molecular complexity index is 310. The summed E-state index contributed by atoms with van der Waals surface area (Å²) in [4.78, 5) is 0. The summed E-state index contributed by atoms with van der Waals surface area (Å²) in [6.45, 7) is 5.17. The molecular weight excluding hydrogens is 150 g/mol. The van der Waals surface area contributed by atoms with Crippen LogP contribution in [0.3, 0.4) is 0 Å². The highest BCUT2D eigenvalue weighted by atomic mass is 15.3. The van der Waals surface area contributed by atoms with Gasteiger partial charge in [-0.15, -0.1) is 0 Å². The summed E-state index contributed by atoms with van der Waals surface area (Å²) in [7, 11) is 0. The maximum Gasteiger partial charge on any atom is 0.0915 e. The Morgan fingerprint density at radius 3 is 3.08 bits per heavy atom. The highest BCUT2D eigenvalue weighted by molar-refractivity contribution is 5.50. The number of nitrogens with zero attached hydrogens (tertiary/aromatic N) is 2. The molecule has 1 aromatic rings. The van der Waals surface area contributed by atoms with E-state index in [1.165, 1.54) is 5.56 Å². The van der Waals surface area contributed by atoms with Gasteiger partial charge in [-0.25, -0.2) is 0 Å². The van der Waals surface area contributed by atoms with Crippen molar-refractivity contribution in [3.63, 3.8) is 0 Å². The van der Waals surface area contributed by atoms with E-state index in [0.29, 0.717) is 6.04 Å². The molecule has 0 atom stereocenters. The highest BCUT2D eigenvalue weighted by Gasteiger charge is 2.09. The Kier molecular flexibility index (Phi) is 1.64. The van der Waals surface area contributed by atoms with Gasteiger partial charge >= 0.3 is 0 Å². The monoisotopic (exact) mass is 163 g/mol. The van der Waals surface area contributed by atoms with E-state index in [-0.39, 0.29) is 0 Å². The highest BCUT2D eigenvalue weighted by Crippen LogP contribution is 2.14. The lowest BCUT2D eigenvalue weighted by Crippen LogP contribution is -2.08. The lowest BCUT2D eigenvalue weighted by Gasteiger charge is -2.03. The minimum atomic E-state index is 0.448. The minimum Gasteiger partial charge on any atom is -0.387 e. The zero-order valence-corrected chi connectivity index (χ0v) is 7.41. The largest absolute Gasteiger partial charge is 0.387 e. The summed E-state index contributed by atoms with van der Waals surface area (Å²) in [5.74, 6) is 0. The van der Waals surface area contributed by atoms with Gasteiger partial charge < -0.3 is 5.32 Å². The van der Waals surface area contributed by atoms with Crippen LogP contribution in [0.15, 0.2) is 12.4 Å². The molecule has 1 N–H and O–H groups in total. The molecule has 0 spiro atoms. The van der Waals surface area contributed by atoms with Crippen molar-refractivity contribution in [1.29, 1.82) is 0 Å². The smallest absolute Gasteiger partial charge is 0.0915 e. The van der Waals surface area contributed by atoms with E-state index in [1.807, 2.05) is 17.0 Å². The van der Waals surface area contributed by atoms with E-state index >= 15 is 0 Å². The molecule has 0 aromatic carbocycles. The summed E-state index contributed by atoms with van der Waals surface area (Å²) in [6, 6.07) is 0.448. The predicted molar refractivity (Wildman–Crippen MR) is 48.5 cm³/mol. The predicted octanol–water partition coefficient (Wildman–Crippen LogP) is 1.54. The van der Waals surface area contributed by atoms with Gasteiger partial charge in [-0.3, -0.25) is 4.68 Å². The average Bonchev–Trinajstić information content (AvgIpc) is 2.46. The van der Waals surface area contributed by atoms with Crippen LogP contribution in [0.1, 0.15) is 31.1 Å². The van der Waals surface area contributed by atoms with Gasteiger partial charge in [0.15, 0.2) is 0 Å². The Hall–Kier alpha value is -1.25. The van der Waals surface area contributed by atoms with Crippen LogP contribution in [-0.4, -0.2) is 9.78 Å². The maximum absolute atomic E-state index is 4.44. The molecule has 0 saturated heterocycles. The number of fused-ring (bicyclic) bond motifs is 1. The van der Waals surface area contributed by atoms with Crippen LogP contribution in [0.25, 0.3) is 6.08 Å². The van der Waals surface area contributed by atoms with Crippen LogP contribution in [0.5, 0.6) is 0 Å². The zero-order chi connectivity index (χ0) is 8.55. The van der Waals surface area contributed by atoms with E-state index < -0.39 is 0 Å². The third-order valence-corrected chi connectivity index (χ3v) is 2.02. The summed E-state index contributed by atoms with van der Waals surface area (Å²) in [5.41, 5.74) is 2.38. The van der Waals surface area contributed by atoms with Crippen molar-refractivity contribution in [3.8, 4) is 0 Å². The van der Waals surface area contributed by atoms with Crippen molar-refractivity contribution in [1.82, 2.24) is 15.1 Å². The van der Waals surface area contributed by atoms with Gasteiger partial charge in [0.2, 0.25) is 0 Å². The van der Waals surface area contributed by atoms with E-state index in [4.69, 9.17) is 0 Å². The molecule has 0 bridgehead atoms. The molecule has 1 aliphatic heterocycles. The zero-order valence-electron chi connectivity index (χ0n) is 7.41. The topological polar surface area (TPSA) is 29.9 Å². The lowest BCUT2D eigenvalue weighted by atomic mass is 10.2. The molecule has 0 radical (unpaired) electrons. The standard InChI is InChI=1S/C9H13N3/c1-7(2)12-6-8-5-10-4-3-9(8)11-12/h3-4,6-7,10H,5H2,1-2H3. The van der Waals surface area contributed by atoms with Crippen molar-refractivity contribution in [2.45, 2.75) is 26.4 Å². The molecule has 1 aliphatic rings. The van der Waals surface area contributed by atoms with E-state index in [2.05, 4.69) is 30.5 Å².